The number of H-pyrrole nitrogens is 1. The van der Waals surface area contributed by atoms with E-state index in [0.29, 0.717) is 17.0 Å². The first-order chi connectivity index (χ1) is 10.1. The summed E-state index contributed by atoms with van der Waals surface area (Å²) >= 11 is 3.30. The van der Waals surface area contributed by atoms with Crippen LogP contribution in [0.1, 0.15) is 16.2 Å². The Bertz CT molecular complexity index is 856. The third-order valence-corrected chi connectivity index (χ3v) is 3.31. The van der Waals surface area contributed by atoms with E-state index in [1.807, 2.05) is 0 Å². The van der Waals surface area contributed by atoms with Crippen LogP contribution in [0.4, 0.5) is 0 Å². The molecule has 0 saturated carbocycles. The number of ether oxygens (including phenoxy) is 1. The van der Waals surface area contributed by atoms with Gasteiger partial charge in [0.05, 0.1) is 5.69 Å². The molecular formula is C14H10BrN3O3. The number of pyridine rings is 1. The Labute approximate surface area is 127 Å². The fourth-order valence-electron chi connectivity index (χ4n) is 1.87. The number of fused-ring (bicyclic) bond motifs is 1. The molecule has 21 heavy (non-hydrogen) atoms. The molecule has 0 saturated heterocycles. The van der Waals surface area contributed by atoms with Gasteiger partial charge in [-0.1, -0.05) is 0 Å². The molecule has 0 aliphatic heterocycles. The van der Waals surface area contributed by atoms with Crippen molar-refractivity contribution in [1.29, 1.82) is 0 Å². The van der Waals surface area contributed by atoms with Gasteiger partial charge in [0, 0.05) is 22.9 Å². The van der Waals surface area contributed by atoms with E-state index < -0.39 is 5.97 Å². The first kappa shape index (κ1) is 13.6. The average Bonchev–Trinajstić information content (AvgIpc) is 3.00. The quantitative estimate of drug-likeness (QED) is 0.736. The Balaban J connectivity index is 1.83. The zero-order valence-corrected chi connectivity index (χ0v) is 12.3. The highest BCUT2D eigenvalue weighted by molar-refractivity contribution is 9.10. The predicted molar refractivity (Wildman–Crippen MR) is 79.1 cm³/mol. The molecule has 0 aliphatic rings. The summed E-state index contributed by atoms with van der Waals surface area (Å²) in [6.07, 6.45) is 3.27. The van der Waals surface area contributed by atoms with E-state index in [0.717, 1.165) is 4.47 Å². The molecule has 0 aromatic carbocycles. The van der Waals surface area contributed by atoms with Crippen LogP contribution in [0.15, 0.2) is 52.0 Å². The van der Waals surface area contributed by atoms with Crippen LogP contribution in [0.25, 0.3) is 5.65 Å². The minimum atomic E-state index is -0.488. The van der Waals surface area contributed by atoms with Crippen LogP contribution in [-0.4, -0.2) is 20.3 Å². The minimum Gasteiger partial charge on any atom is -0.455 e. The van der Waals surface area contributed by atoms with Crippen molar-refractivity contribution in [3.05, 3.63) is 68.9 Å². The molecule has 106 valence electrons. The number of rotatable bonds is 3. The molecule has 0 radical (unpaired) electrons. The number of aromatic nitrogens is 3. The lowest BCUT2D eigenvalue weighted by Crippen LogP contribution is -2.16. The molecule has 3 aromatic heterocycles. The van der Waals surface area contributed by atoms with Crippen LogP contribution in [0.5, 0.6) is 0 Å². The van der Waals surface area contributed by atoms with Crippen LogP contribution in [-0.2, 0) is 11.3 Å². The van der Waals surface area contributed by atoms with Crippen LogP contribution < -0.4 is 5.56 Å². The van der Waals surface area contributed by atoms with Crippen molar-refractivity contribution in [2.24, 2.45) is 0 Å². The topological polar surface area (TPSA) is 76.5 Å². The smallest absolute Gasteiger partial charge is 0.355 e. The van der Waals surface area contributed by atoms with Crippen molar-refractivity contribution >= 4 is 27.5 Å². The van der Waals surface area contributed by atoms with Gasteiger partial charge in [-0.15, -0.1) is 0 Å². The number of esters is 1. The largest absolute Gasteiger partial charge is 0.455 e. The number of hydrogen-bond donors (Lipinski definition) is 1. The lowest BCUT2D eigenvalue weighted by molar-refractivity contribution is 0.0461. The van der Waals surface area contributed by atoms with E-state index in [1.165, 1.54) is 10.5 Å². The number of halogens is 1. The predicted octanol–water partition coefficient (Wildman–Crippen LogP) is 2.14. The van der Waals surface area contributed by atoms with Crippen molar-refractivity contribution in [2.75, 3.05) is 0 Å². The monoisotopic (exact) mass is 347 g/mol. The second kappa shape index (κ2) is 5.53. The first-order valence-corrected chi connectivity index (χ1v) is 6.91. The fourth-order valence-corrected chi connectivity index (χ4v) is 2.21. The third-order valence-electron chi connectivity index (χ3n) is 2.85. The van der Waals surface area contributed by atoms with Gasteiger partial charge in [0.25, 0.3) is 5.56 Å². The molecule has 0 amide bonds. The lowest BCUT2D eigenvalue weighted by atomic mass is 10.4. The molecule has 3 aromatic rings. The summed E-state index contributed by atoms with van der Waals surface area (Å²) in [4.78, 5) is 30.7. The van der Waals surface area contributed by atoms with Crippen molar-refractivity contribution in [3.8, 4) is 0 Å². The van der Waals surface area contributed by atoms with Crippen LogP contribution >= 0.6 is 15.9 Å². The average molecular weight is 348 g/mol. The van der Waals surface area contributed by atoms with E-state index >= 15 is 0 Å². The molecule has 0 unspecified atom stereocenters. The Kier molecular flexibility index (Phi) is 3.57. The van der Waals surface area contributed by atoms with E-state index in [2.05, 4.69) is 25.9 Å². The van der Waals surface area contributed by atoms with Gasteiger partial charge in [0.1, 0.15) is 17.9 Å². The summed E-state index contributed by atoms with van der Waals surface area (Å²) in [5, 5.41) is 0. The highest BCUT2D eigenvalue weighted by Crippen LogP contribution is 2.10. The molecule has 0 atom stereocenters. The Morgan fingerprint density at radius 2 is 2.24 bits per heavy atom. The van der Waals surface area contributed by atoms with Crippen molar-refractivity contribution < 1.29 is 9.53 Å². The number of aromatic amines is 1. The van der Waals surface area contributed by atoms with Crippen LogP contribution in [0.2, 0.25) is 0 Å². The number of carbonyl (C=O) groups excluding carboxylic acids is 1. The number of carbonyl (C=O) groups is 1. The highest BCUT2D eigenvalue weighted by Gasteiger charge is 2.09. The van der Waals surface area contributed by atoms with Crippen molar-refractivity contribution in [1.82, 2.24) is 14.4 Å². The van der Waals surface area contributed by atoms with Gasteiger partial charge in [0.15, 0.2) is 0 Å². The van der Waals surface area contributed by atoms with Gasteiger partial charge < -0.3 is 9.72 Å². The standard InChI is InChI=1S/C14H10BrN3O3/c15-9-3-4-12-17-10(6-13(19)18(12)7-9)8-21-14(20)11-2-1-5-16-11/h1-7,16H,8H2. The first-order valence-electron chi connectivity index (χ1n) is 6.12. The maximum absolute atomic E-state index is 12.0. The molecule has 0 spiro atoms. The zero-order chi connectivity index (χ0) is 14.8. The van der Waals surface area contributed by atoms with E-state index in [-0.39, 0.29) is 12.2 Å². The van der Waals surface area contributed by atoms with Crippen molar-refractivity contribution in [3.63, 3.8) is 0 Å². The zero-order valence-electron chi connectivity index (χ0n) is 10.7. The lowest BCUT2D eigenvalue weighted by Gasteiger charge is -2.05. The summed E-state index contributed by atoms with van der Waals surface area (Å²) < 4.78 is 7.31. The summed E-state index contributed by atoms with van der Waals surface area (Å²) in [5.41, 5.74) is 1.03. The highest BCUT2D eigenvalue weighted by atomic mass is 79.9. The summed E-state index contributed by atoms with van der Waals surface area (Å²) in [5.74, 6) is -0.488. The van der Waals surface area contributed by atoms with Gasteiger partial charge in [-0.2, -0.15) is 0 Å². The van der Waals surface area contributed by atoms with Crippen molar-refractivity contribution in [2.45, 2.75) is 6.61 Å². The van der Waals surface area contributed by atoms with E-state index in [1.54, 1.807) is 36.7 Å². The number of nitrogens with zero attached hydrogens (tertiary/aromatic N) is 2. The molecule has 0 bridgehead atoms. The number of nitrogens with one attached hydrogen (secondary N) is 1. The minimum absolute atomic E-state index is 0.0559. The molecule has 1 N–H and O–H groups in total. The third kappa shape index (κ3) is 2.87. The Hall–Kier alpha value is -2.41. The molecular weight excluding hydrogens is 338 g/mol. The maximum atomic E-state index is 12.0. The second-order valence-corrected chi connectivity index (χ2v) is 5.24. The second-order valence-electron chi connectivity index (χ2n) is 4.32. The SMILES string of the molecule is O=C(OCc1cc(=O)n2cc(Br)ccc2n1)c1ccc[nH]1. The molecule has 3 heterocycles. The normalized spacial score (nSPS) is 10.7. The summed E-state index contributed by atoms with van der Waals surface area (Å²) in [6.45, 7) is -0.0559. The Morgan fingerprint density at radius 3 is 3.00 bits per heavy atom. The van der Waals surface area contributed by atoms with Gasteiger partial charge in [-0.3, -0.25) is 9.20 Å². The van der Waals surface area contributed by atoms with Gasteiger partial charge in [-0.05, 0) is 40.2 Å². The molecule has 0 fully saturated rings. The summed E-state index contributed by atoms with van der Waals surface area (Å²) in [7, 11) is 0. The van der Waals surface area contributed by atoms with E-state index in [9.17, 15) is 9.59 Å². The Morgan fingerprint density at radius 1 is 1.38 bits per heavy atom. The maximum Gasteiger partial charge on any atom is 0.355 e. The number of hydrogen-bond acceptors (Lipinski definition) is 4. The van der Waals surface area contributed by atoms with Gasteiger partial charge >= 0.3 is 5.97 Å². The fraction of sp³-hybridized carbons (Fsp3) is 0.0714. The molecule has 7 heteroatoms. The van der Waals surface area contributed by atoms with Crippen LogP contribution in [0, 0.1) is 0 Å². The molecule has 3 rings (SSSR count). The van der Waals surface area contributed by atoms with Gasteiger partial charge in [-0.25, -0.2) is 9.78 Å². The molecule has 6 nitrogen and oxygen atoms in total. The summed E-state index contributed by atoms with van der Waals surface area (Å²) in [6, 6.07) is 8.16. The van der Waals surface area contributed by atoms with Gasteiger partial charge in [0.2, 0.25) is 0 Å². The molecule has 0 aliphatic carbocycles. The van der Waals surface area contributed by atoms with Crippen LogP contribution in [0.3, 0.4) is 0 Å². The van der Waals surface area contributed by atoms with E-state index in [4.69, 9.17) is 4.74 Å².